The van der Waals surface area contributed by atoms with Gasteiger partial charge in [-0.3, -0.25) is 0 Å². The van der Waals surface area contributed by atoms with Crippen LogP contribution in [0.3, 0.4) is 0 Å². The highest BCUT2D eigenvalue weighted by atomic mass is 32.1. The number of fused-ring (bicyclic) bond motifs is 13. The van der Waals surface area contributed by atoms with Crippen LogP contribution in [0.5, 0.6) is 0 Å². The summed E-state index contributed by atoms with van der Waals surface area (Å²) in [6, 6.07) is 50.3. The van der Waals surface area contributed by atoms with E-state index in [1.165, 1.54) is 110 Å². The van der Waals surface area contributed by atoms with E-state index in [4.69, 9.17) is 0 Å². The third-order valence-electron chi connectivity index (χ3n) is 12.2. The molecule has 0 amide bonds. The fourth-order valence-electron chi connectivity index (χ4n) is 9.49. The fraction of sp³-hybridized carbons (Fsp3) is 0.167. The third kappa shape index (κ3) is 3.93. The number of thiophene rings is 1. The second-order valence-corrected chi connectivity index (χ2v) is 17.1. The summed E-state index contributed by atoms with van der Waals surface area (Å²) in [6.07, 6.45) is 2.38. The van der Waals surface area contributed by atoms with Gasteiger partial charge >= 0.3 is 0 Å². The second kappa shape index (κ2) is 10.1. The molecule has 3 aromatic heterocycles. The van der Waals surface area contributed by atoms with Crippen molar-refractivity contribution in [3.63, 3.8) is 0 Å². The summed E-state index contributed by atoms with van der Waals surface area (Å²) >= 11 is 1.89. The fourth-order valence-corrected chi connectivity index (χ4v) is 10.6. The first kappa shape index (κ1) is 29.4. The van der Waals surface area contributed by atoms with E-state index in [1.807, 2.05) is 11.3 Å². The molecule has 246 valence electrons. The Bertz CT molecular complexity index is 3080. The molecular weight excluding hydrogens is 637 g/mol. The molecular formula is C48H38N2S. The molecule has 0 N–H and O–H groups in total. The van der Waals surface area contributed by atoms with Crippen molar-refractivity contribution in [3.05, 3.63) is 145 Å². The number of benzene rings is 7. The zero-order valence-corrected chi connectivity index (χ0v) is 30.2. The molecule has 0 bridgehead atoms. The van der Waals surface area contributed by atoms with Crippen LogP contribution in [-0.2, 0) is 10.8 Å². The van der Waals surface area contributed by atoms with Gasteiger partial charge in [-0.05, 0) is 106 Å². The molecule has 2 nitrogen and oxygen atoms in total. The molecule has 3 heteroatoms. The first-order valence-electron chi connectivity index (χ1n) is 18.2. The van der Waals surface area contributed by atoms with E-state index in [1.54, 1.807) is 0 Å². The zero-order chi connectivity index (χ0) is 34.2. The van der Waals surface area contributed by atoms with Crippen LogP contribution in [0.15, 0.2) is 133 Å². The SMILES string of the molecule is CC1(C)CCC(C)(C)c2cc3c(cc21)c1c2c4c5ccccc5ccc4n(-c4cccc5sc6ccccc6c45)c2ccc1n3-c1ccccc1. The minimum absolute atomic E-state index is 0.102. The summed E-state index contributed by atoms with van der Waals surface area (Å²) in [6.45, 7) is 9.78. The quantitative estimate of drug-likeness (QED) is 0.173. The molecule has 7 aromatic carbocycles. The van der Waals surface area contributed by atoms with E-state index < -0.39 is 0 Å². The molecule has 11 rings (SSSR count). The number of hydrogen-bond acceptors (Lipinski definition) is 1. The molecule has 1 aliphatic carbocycles. The predicted octanol–water partition coefficient (Wildman–Crippen LogP) is 13.8. The van der Waals surface area contributed by atoms with Gasteiger partial charge < -0.3 is 9.13 Å². The van der Waals surface area contributed by atoms with Crippen LogP contribution in [0.1, 0.15) is 51.7 Å². The Morgan fingerprint density at radius 2 is 1.06 bits per heavy atom. The van der Waals surface area contributed by atoms with Gasteiger partial charge in [-0.15, -0.1) is 11.3 Å². The lowest BCUT2D eigenvalue weighted by Gasteiger charge is -2.42. The van der Waals surface area contributed by atoms with Gasteiger partial charge in [-0.1, -0.05) is 100 Å². The zero-order valence-electron chi connectivity index (χ0n) is 29.4. The van der Waals surface area contributed by atoms with E-state index in [9.17, 15) is 0 Å². The Morgan fingerprint density at radius 3 is 1.86 bits per heavy atom. The number of rotatable bonds is 2. The minimum Gasteiger partial charge on any atom is -0.309 e. The van der Waals surface area contributed by atoms with Crippen molar-refractivity contribution in [1.82, 2.24) is 9.13 Å². The molecule has 51 heavy (non-hydrogen) atoms. The standard InChI is InChI=1S/C48H38N2S/c1-47(2)25-26-48(3,4)35-28-40-33(27-34(35)47)45-37(49(40)30-14-6-5-7-15-30)23-24-39-46(45)44-31-16-9-8-13-29(31)21-22-38(44)50(39)36-18-12-20-42-43(36)32-17-10-11-19-41(32)51-42/h5-24,27-28H,25-26H2,1-4H3. The summed E-state index contributed by atoms with van der Waals surface area (Å²) in [5.74, 6) is 0. The van der Waals surface area contributed by atoms with Crippen LogP contribution < -0.4 is 0 Å². The van der Waals surface area contributed by atoms with Crippen molar-refractivity contribution in [1.29, 1.82) is 0 Å². The summed E-state index contributed by atoms with van der Waals surface area (Å²) < 4.78 is 7.75. The maximum Gasteiger partial charge on any atom is 0.0555 e. The Kier molecular flexibility index (Phi) is 5.82. The van der Waals surface area contributed by atoms with Crippen molar-refractivity contribution < 1.29 is 0 Å². The largest absolute Gasteiger partial charge is 0.309 e. The Morgan fingerprint density at radius 1 is 0.451 bits per heavy atom. The summed E-state index contributed by atoms with van der Waals surface area (Å²) in [4.78, 5) is 0. The van der Waals surface area contributed by atoms with Crippen molar-refractivity contribution in [2.75, 3.05) is 0 Å². The summed E-state index contributed by atoms with van der Waals surface area (Å²) in [5, 5.41) is 10.6. The van der Waals surface area contributed by atoms with E-state index in [0.717, 1.165) is 0 Å². The van der Waals surface area contributed by atoms with E-state index in [2.05, 4.69) is 170 Å². The number of aromatic nitrogens is 2. The molecule has 0 spiro atoms. The van der Waals surface area contributed by atoms with Crippen molar-refractivity contribution in [3.8, 4) is 11.4 Å². The van der Waals surface area contributed by atoms with Gasteiger partial charge in [0.1, 0.15) is 0 Å². The van der Waals surface area contributed by atoms with Gasteiger partial charge in [0.25, 0.3) is 0 Å². The van der Waals surface area contributed by atoms with Crippen LogP contribution in [-0.4, -0.2) is 9.13 Å². The van der Waals surface area contributed by atoms with Gasteiger partial charge in [0.05, 0.1) is 27.8 Å². The first-order valence-corrected chi connectivity index (χ1v) is 19.1. The van der Waals surface area contributed by atoms with Crippen LogP contribution in [0.25, 0.3) is 85.9 Å². The normalized spacial score (nSPS) is 15.6. The lowest BCUT2D eigenvalue weighted by atomic mass is 9.63. The Hall–Kier alpha value is -5.38. The predicted molar refractivity (Wildman–Crippen MR) is 221 cm³/mol. The smallest absolute Gasteiger partial charge is 0.0555 e. The molecule has 3 heterocycles. The third-order valence-corrected chi connectivity index (χ3v) is 13.3. The van der Waals surface area contributed by atoms with Crippen molar-refractivity contribution >= 4 is 85.9 Å². The number of para-hydroxylation sites is 1. The average molecular weight is 675 g/mol. The van der Waals surface area contributed by atoms with Gasteiger partial charge in [0, 0.05) is 47.4 Å². The maximum absolute atomic E-state index is 2.59. The molecule has 0 unspecified atom stereocenters. The average Bonchev–Trinajstić information content (AvgIpc) is 3.81. The topological polar surface area (TPSA) is 9.86 Å². The van der Waals surface area contributed by atoms with Gasteiger partial charge in [-0.25, -0.2) is 0 Å². The lowest BCUT2D eigenvalue weighted by molar-refractivity contribution is 0.332. The molecule has 1 aliphatic rings. The van der Waals surface area contributed by atoms with Crippen molar-refractivity contribution in [2.45, 2.75) is 51.4 Å². The maximum atomic E-state index is 2.59. The Labute approximate surface area is 301 Å². The van der Waals surface area contributed by atoms with Gasteiger partial charge in [-0.2, -0.15) is 0 Å². The summed E-state index contributed by atoms with van der Waals surface area (Å²) in [7, 11) is 0. The monoisotopic (exact) mass is 674 g/mol. The van der Waals surface area contributed by atoms with E-state index >= 15 is 0 Å². The second-order valence-electron chi connectivity index (χ2n) is 16.0. The number of nitrogens with zero attached hydrogens (tertiary/aromatic N) is 2. The van der Waals surface area contributed by atoms with Gasteiger partial charge in [0.2, 0.25) is 0 Å². The highest BCUT2D eigenvalue weighted by Gasteiger charge is 2.38. The lowest BCUT2D eigenvalue weighted by Crippen LogP contribution is -2.33. The van der Waals surface area contributed by atoms with Crippen LogP contribution in [0.4, 0.5) is 0 Å². The van der Waals surface area contributed by atoms with Crippen molar-refractivity contribution in [2.24, 2.45) is 0 Å². The first-order chi connectivity index (χ1) is 24.8. The molecule has 0 saturated carbocycles. The van der Waals surface area contributed by atoms with Gasteiger partial charge in [0.15, 0.2) is 0 Å². The highest BCUT2D eigenvalue weighted by molar-refractivity contribution is 7.25. The molecule has 0 saturated heterocycles. The Balaban J connectivity index is 1.40. The van der Waals surface area contributed by atoms with Crippen LogP contribution in [0.2, 0.25) is 0 Å². The van der Waals surface area contributed by atoms with Crippen LogP contribution >= 0.6 is 11.3 Å². The van der Waals surface area contributed by atoms with Crippen LogP contribution in [0, 0.1) is 0 Å². The number of hydrogen-bond donors (Lipinski definition) is 0. The molecule has 0 aliphatic heterocycles. The molecule has 0 fully saturated rings. The summed E-state index contributed by atoms with van der Waals surface area (Å²) in [5.41, 5.74) is 10.7. The molecule has 10 aromatic rings. The van der Waals surface area contributed by atoms with E-state index in [0.29, 0.717) is 0 Å². The molecule has 0 radical (unpaired) electrons. The molecule has 0 atom stereocenters. The van der Waals surface area contributed by atoms with E-state index in [-0.39, 0.29) is 10.8 Å². The highest BCUT2D eigenvalue weighted by Crippen LogP contribution is 2.51. The minimum atomic E-state index is 0.102.